The summed E-state index contributed by atoms with van der Waals surface area (Å²) in [4.78, 5) is 4.86. The van der Waals surface area contributed by atoms with E-state index < -0.39 is 0 Å². The van der Waals surface area contributed by atoms with Crippen LogP contribution in [0.4, 0.5) is 5.69 Å². The first kappa shape index (κ1) is 17.6. The standard InChI is InChI=1S/C13H17ClN2O2.ClH/c1-4-6-18-16-9-15-11-7-10(3)13(17-5-2)12(14)8-11;/h4,7-9H,1,5-6H2,2-3H3,(H,15,16);1H. The number of anilines is 1. The molecule has 0 aliphatic heterocycles. The number of ether oxygens (including phenoxy) is 1. The van der Waals surface area contributed by atoms with E-state index in [1.54, 1.807) is 12.1 Å². The SMILES string of the molecule is C=CCO/N=C/Nc1cc(C)c(OCC)c(Cl)c1.Cl. The van der Waals surface area contributed by atoms with Gasteiger partial charge in [-0.05, 0) is 31.5 Å². The van der Waals surface area contributed by atoms with E-state index in [0.29, 0.717) is 24.0 Å². The Hall–Kier alpha value is -1.39. The Balaban J connectivity index is 0.00000324. The number of halogens is 2. The zero-order chi connectivity index (χ0) is 13.4. The van der Waals surface area contributed by atoms with Gasteiger partial charge in [-0.2, -0.15) is 0 Å². The number of aryl methyl sites for hydroxylation is 1. The number of benzene rings is 1. The van der Waals surface area contributed by atoms with Gasteiger partial charge in [-0.3, -0.25) is 0 Å². The lowest BCUT2D eigenvalue weighted by Crippen LogP contribution is -1.99. The van der Waals surface area contributed by atoms with Crippen molar-refractivity contribution in [2.45, 2.75) is 13.8 Å². The fourth-order valence-corrected chi connectivity index (χ4v) is 1.70. The number of nitrogens with zero attached hydrogens (tertiary/aromatic N) is 1. The molecule has 0 amide bonds. The molecule has 19 heavy (non-hydrogen) atoms. The van der Waals surface area contributed by atoms with Gasteiger partial charge in [0.25, 0.3) is 0 Å². The summed E-state index contributed by atoms with van der Waals surface area (Å²) in [6, 6.07) is 3.70. The zero-order valence-electron chi connectivity index (χ0n) is 11.0. The van der Waals surface area contributed by atoms with Crippen LogP contribution in [-0.4, -0.2) is 19.6 Å². The van der Waals surface area contributed by atoms with Gasteiger partial charge in [0, 0.05) is 5.69 Å². The molecule has 0 unspecified atom stereocenters. The van der Waals surface area contributed by atoms with E-state index in [9.17, 15) is 0 Å². The predicted octanol–water partition coefficient (Wildman–Crippen LogP) is 4.03. The number of rotatable bonds is 7. The van der Waals surface area contributed by atoms with Crippen molar-refractivity contribution in [3.05, 3.63) is 35.4 Å². The molecule has 0 aliphatic carbocycles. The van der Waals surface area contributed by atoms with Crippen LogP contribution >= 0.6 is 24.0 Å². The molecule has 6 heteroatoms. The van der Waals surface area contributed by atoms with Crippen LogP contribution in [0.5, 0.6) is 5.75 Å². The molecule has 0 bridgehead atoms. The molecule has 0 fully saturated rings. The molecule has 0 spiro atoms. The Bertz CT molecular complexity index is 414. The summed E-state index contributed by atoms with van der Waals surface area (Å²) in [6.45, 7) is 8.34. The molecule has 1 rings (SSSR count). The molecule has 0 heterocycles. The largest absolute Gasteiger partial charge is 0.492 e. The van der Waals surface area contributed by atoms with Gasteiger partial charge in [0.1, 0.15) is 18.7 Å². The van der Waals surface area contributed by atoms with Crippen LogP contribution in [0.15, 0.2) is 29.9 Å². The van der Waals surface area contributed by atoms with Crippen molar-refractivity contribution in [1.29, 1.82) is 0 Å². The maximum absolute atomic E-state index is 6.12. The first-order chi connectivity index (χ1) is 8.69. The smallest absolute Gasteiger partial charge is 0.140 e. The first-order valence-electron chi connectivity index (χ1n) is 5.63. The summed E-state index contributed by atoms with van der Waals surface area (Å²) >= 11 is 6.12. The second-order valence-electron chi connectivity index (χ2n) is 3.50. The Labute approximate surface area is 124 Å². The molecule has 1 aromatic carbocycles. The van der Waals surface area contributed by atoms with E-state index in [1.807, 2.05) is 19.9 Å². The minimum absolute atomic E-state index is 0. The topological polar surface area (TPSA) is 42.8 Å². The van der Waals surface area contributed by atoms with E-state index in [1.165, 1.54) is 6.34 Å². The van der Waals surface area contributed by atoms with Crippen molar-refractivity contribution < 1.29 is 9.57 Å². The van der Waals surface area contributed by atoms with Crippen molar-refractivity contribution in [3.8, 4) is 5.75 Å². The van der Waals surface area contributed by atoms with Crippen molar-refractivity contribution in [3.63, 3.8) is 0 Å². The Morgan fingerprint density at radius 1 is 1.47 bits per heavy atom. The molecule has 1 N–H and O–H groups in total. The predicted molar refractivity (Wildman–Crippen MR) is 82.9 cm³/mol. The molecule has 0 aliphatic rings. The molecule has 4 nitrogen and oxygen atoms in total. The van der Waals surface area contributed by atoms with Crippen molar-refractivity contribution in [2.24, 2.45) is 5.16 Å². The van der Waals surface area contributed by atoms with Crippen molar-refractivity contribution >= 4 is 36.0 Å². The first-order valence-corrected chi connectivity index (χ1v) is 6.01. The molecule has 1 aromatic rings. The molecule has 0 atom stereocenters. The molecular formula is C13H18Cl2N2O2. The van der Waals surface area contributed by atoms with Gasteiger partial charge in [-0.25, -0.2) is 0 Å². The molecule has 0 radical (unpaired) electrons. The summed E-state index contributed by atoms with van der Waals surface area (Å²) in [5.74, 6) is 0.713. The Kier molecular flexibility index (Phi) is 8.83. The fourth-order valence-electron chi connectivity index (χ4n) is 1.38. The third kappa shape index (κ3) is 5.85. The summed E-state index contributed by atoms with van der Waals surface area (Å²) in [5, 5.41) is 7.23. The van der Waals surface area contributed by atoms with E-state index in [2.05, 4.69) is 17.1 Å². The number of hydrogen-bond acceptors (Lipinski definition) is 3. The maximum Gasteiger partial charge on any atom is 0.140 e. The van der Waals surface area contributed by atoms with E-state index >= 15 is 0 Å². The molecule has 106 valence electrons. The summed E-state index contributed by atoms with van der Waals surface area (Å²) in [6.07, 6.45) is 3.07. The summed E-state index contributed by atoms with van der Waals surface area (Å²) in [7, 11) is 0. The van der Waals surface area contributed by atoms with Gasteiger partial charge >= 0.3 is 0 Å². The maximum atomic E-state index is 6.12. The van der Waals surface area contributed by atoms with E-state index in [-0.39, 0.29) is 12.4 Å². The van der Waals surface area contributed by atoms with E-state index in [0.717, 1.165) is 11.3 Å². The fraction of sp³-hybridized carbons (Fsp3) is 0.308. The highest BCUT2D eigenvalue weighted by Crippen LogP contribution is 2.31. The van der Waals surface area contributed by atoms with Crippen LogP contribution in [-0.2, 0) is 4.84 Å². The molecule has 0 saturated heterocycles. The van der Waals surface area contributed by atoms with Gasteiger partial charge in [-0.15, -0.1) is 12.4 Å². The zero-order valence-corrected chi connectivity index (χ0v) is 12.6. The van der Waals surface area contributed by atoms with Crippen molar-refractivity contribution in [2.75, 3.05) is 18.5 Å². The van der Waals surface area contributed by atoms with Crippen LogP contribution in [0.1, 0.15) is 12.5 Å². The summed E-state index contributed by atoms with van der Waals surface area (Å²) in [5.41, 5.74) is 1.79. The van der Waals surface area contributed by atoms with Crippen LogP contribution in [0.3, 0.4) is 0 Å². The van der Waals surface area contributed by atoms with Crippen molar-refractivity contribution in [1.82, 2.24) is 0 Å². The Morgan fingerprint density at radius 2 is 2.21 bits per heavy atom. The molecule has 0 aromatic heterocycles. The number of nitrogens with one attached hydrogen (secondary N) is 1. The third-order valence-electron chi connectivity index (χ3n) is 2.07. The summed E-state index contributed by atoms with van der Waals surface area (Å²) < 4.78 is 5.45. The van der Waals surface area contributed by atoms with Gasteiger partial charge < -0.3 is 14.9 Å². The highest BCUT2D eigenvalue weighted by Gasteiger charge is 2.06. The van der Waals surface area contributed by atoms with Gasteiger partial charge in [-0.1, -0.05) is 29.4 Å². The lowest BCUT2D eigenvalue weighted by Gasteiger charge is -2.11. The highest BCUT2D eigenvalue weighted by molar-refractivity contribution is 6.32. The minimum Gasteiger partial charge on any atom is -0.492 e. The average molecular weight is 305 g/mol. The number of hydrogen-bond donors (Lipinski definition) is 1. The second-order valence-corrected chi connectivity index (χ2v) is 3.91. The molecular weight excluding hydrogens is 287 g/mol. The van der Waals surface area contributed by atoms with Crippen LogP contribution in [0.25, 0.3) is 0 Å². The van der Waals surface area contributed by atoms with Crippen LogP contribution < -0.4 is 10.1 Å². The lowest BCUT2D eigenvalue weighted by molar-refractivity contribution is 0.176. The van der Waals surface area contributed by atoms with Gasteiger partial charge in [0.2, 0.25) is 0 Å². The highest BCUT2D eigenvalue weighted by atomic mass is 35.5. The second kappa shape index (κ2) is 9.53. The quantitative estimate of drug-likeness (QED) is 0.272. The number of oxime groups is 1. The van der Waals surface area contributed by atoms with Gasteiger partial charge in [0.15, 0.2) is 0 Å². The lowest BCUT2D eigenvalue weighted by atomic mass is 10.2. The van der Waals surface area contributed by atoms with Crippen LogP contribution in [0, 0.1) is 6.92 Å². The molecule has 0 saturated carbocycles. The monoisotopic (exact) mass is 304 g/mol. The van der Waals surface area contributed by atoms with Gasteiger partial charge in [0.05, 0.1) is 11.6 Å². The minimum atomic E-state index is 0. The van der Waals surface area contributed by atoms with E-state index in [4.69, 9.17) is 21.2 Å². The normalized spacial score (nSPS) is 9.84. The average Bonchev–Trinajstić information content (AvgIpc) is 2.33. The third-order valence-corrected chi connectivity index (χ3v) is 2.35. The Morgan fingerprint density at radius 3 is 2.79 bits per heavy atom. The van der Waals surface area contributed by atoms with Crippen LogP contribution in [0.2, 0.25) is 5.02 Å².